The second-order valence-electron chi connectivity index (χ2n) is 3.07. The third-order valence-corrected chi connectivity index (χ3v) is 5.19. The molecule has 1 N–H and O–H groups in total. The minimum absolute atomic E-state index is 0.0724. The van der Waals surface area contributed by atoms with Crippen LogP contribution in [0.25, 0.3) is 0 Å². The minimum atomic E-state index is -4.08. The van der Waals surface area contributed by atoms with Crippen LogP contribution in [0, 0.1) is 3.57 Å². The van der Waals surface area contributed by atoms with Crippen molar-refractivity contribution in [2.45, 2.75) is 6.92 Å². The van der Waals surface area contributed by atoms with Crippen molar-refractivity contribution in [3.8, 4) is 0 Å². The van der Waals surface area contributed by atoms with Crippen molar-refractivity contribution in [2.75, 3.05) is 0 Å². The highest BCUT2D eigenvalue weighted by Gasteiger charge is 2.25. The number of rotatable bonds is 2. The van der Waals surface area contributed by atoms with Gasteiger partial charge >= 0.3 is 19.8 Å². The van der Waals surface area contributed by atoms with Crippen LogP contribution >= 0.6 is 54.6 Å². The maximum atomic E-state index is 11.7. The smallest absolute Gasteiger partial charge is 0.292 e. The van der Waals surface area contributed by atoms with Crippen molar-refractivity contribution >= 4 is 66.4 Å². The summed E-state index contributed by atoms with van der Waals surface area (Å²) in [4.78, 5) is 22.5. The lowest BCUT2D eigenvalue weighted by Gasteiger charge is -2.08. The Hall–Kier alpha value is -0.440. The van der Waals surface area contributed by atoms with Gasteiger partial charge in [-0.15, -0.1) is 0 Å². The summed E-state index contributed by atoms with van der Waals surface area (Å²) >= 11 is 13.1. The van der Waals surface area contributed by atoms with E-state index in [2.05, 4.69) is 0 Å². The molecule has 0 aliphatic carbocycles. The maximum absolute atomic E-state index is 11.7. The molecule has 0 spiro atoms. The van der Waals surface area contributed by atoms with E-state index in [0.29, 0.717) is 0 Å². The normalized spacial score (nSPS) is 10.5. The van der Waals surface area contributed by atoms with Gasteiger partial charge in [-0.2, -0.15) is 0 Å². The highest BCUT2D eigenvalue weighted by Crippen LogP contribution is 2.38. The van der Waals surface area contributed by atoms with Crippen molar-refractivity contribution < 1.29 is 15.7 Å². The van der Waals surface area contributed by atoms with E-state index in [-0.39, 0.29) is 18.6 Å². The third-order valence-electron chi connectivity index (χ3n) is 1.78. The zero-order chi connectivity index (χ0) is 14.0. The van der Waals surface area contributed by atoms with Gasteiger partial charge in [0, 0.05) is 6.92 Å². The van der Waals surface area contributed by atoms with E-state index < -0.39 is 37.2 Å². The van der Waals surface area contributed by atoms with Crippen molar-refractivity contribution in [1.82, 2.24) is 5.32 Å². The van der Waals surface area contributed by atoms with Crippen LogP contribution in [0.3, 0.4) is 0 Å². The fourth-order valence-corrected chi connectivity index (χ4v) is 3.93. The summed E-state index contributed by atoms with van der Waals surface area (Å²) in [7, 11) is 0. The minimum Gasteiger partial charge on any atom is -0.292 e. The Morgan fingerprint density at radius 2 is 1.72 bits per heavy atom. The lowest BCUT2D eigenvalue weighted by Crippen LogP contribution is -2.29. The summed E-state index contributed by atoms with van der Waals surface area (Å²) in [5.74, 6) is -1.61. The van der Waals surface area contributed by atoms with Crippen LogP contribution in [0.4, 0.5) is 0 Å². The number of nitrogens with one attached hydrogen (secondary N) is 1. The highest BCUT2D eigenvalue weighted by molar-refractivity contribution is 14.2. The number of hydrogen-bond acceptors (Lipinski definition) is 4. The number of carbonyl (C=O) groups is 2. The predicted octanol–water partition coefficient (Wildman–Crippen LogP) is 3.29. The van der Waals surface area contributed by atoms with E-state index in [1.54, 1.807) is 0 Å². The van der Waals surface area contributed by atoms with E-state index in [1.807, 2.05) is 5.32 Å². The number of benzene rings is 1. The predicted molar refractivity (Wildman–Crippen MR) is 73.7 cm³/mol. The lowest BCUT2D eigenvalue weighted by atomic mass is 10.2. The van der Waals surface area contributed by atoms with Crippen LogP contribution in [-0.4, -0.2) is 11.8 Å². The van der Waals surface area contributed by atoms with Crippen LogP contribution in [0.15, 0.2) is 6.07 Å². The van der Waals surface area contributed by atoms with Gasteiger partial charge in [0.1, 0.15) is 3.57 Å². The molecule has 1 aromatic rings. The van der Waals surface area contributed by atoms with Crippen molar-refractivity contribution in [3.05, 3.63) is 30.3 Å². The molecule has 0 saturated carbocycles. The summed E-state index contributed by atoms with van der Waals surface area (Å²) in [5, 5.41) is 1.38. The summed E-state index contributed by atoms with van der Waals surface area (Å²) in [6, 6.07) is 1.13. The molecule has 0 aliphatic rings. The van der Waals surface area contributed by atoms with Crippen molar-refractivity contribution in [1.29, 1.82) is 0 Å². The molecule has 0 bridgehead atoms. The van der Waals surface area contributed by atoms with E-state index in [0.717, 1.165) is 13.0 Å². The second-order valence-corrected chi connectivity index (χ2v) is 6.58. The molecule has 5 nitrogen and oxygen atoms in total. The molecule has 1 rings (SSSR count). The molecule has 9 heteroatoms. The van der Waals surface area contributed by atoms with E-state index in [9.17, 15) is 15.7 Å². The molecule has 0 heterocycles. The van der Waals surface area contributed by atoms with Crippen molar-refractivity contribution in [3.63, 3.8) is 0 Å². The zero-order valence-electron chi connectivity index (χ0n) is 8.72. The van der Waals surface area contributed by atoms with Crippen LogP contribution in [0.2, 0.25) is 15.1 Å². The Bertz CT molecular complexity index is 604. The average Bonchev–Trinajstić information content (AvgIpc) is 2.20. The van der Waals surface area contributed by atoms with Gasteiger partial charge in [-0.3, -0.25) is 14.9 Å². The number of hydrogen-bond donors (Lipinski definition) is 1. The highest BCUT2D eigenvalue weighted by atomic mass is 127. The molecular formula is C9H5Cl3INO4. The molecule has 98 valence electrons. The summed E-state index contributed by atoms with van der Waals surface area (Å²) in [6.45, 7) is 1.10. The molecule has 0 atom stereocenters. The first-order valence-corrected chi connectivity index (χ1v) is 8.27. The van der Waals surface area contributed by atoms with Gasteiger partial charge < -0.3 is 0 Å². The Kier molecular flexibility index (Phi) is 5.32. The summed E-state index contributed by atoms with van der Waals surface area (Å²) in [6.07, 6.45) is 0. The molecule has 18 heavy (non-hydrogen) atoms. The Morgan fingerprint density at radius 1 is 1.17 bits per heavy atom. The molecule has 2 amide bonds. The van der Waals surface area contributed by atoms with E-state index >= 15 is 0 Å². The first-order chi connectivity index (χ1) is 8.25. The number of carbonyl (C=O) groups excluding carboxylic acids is 2. The molecule has 0 aromatic heterocycles. The molecule has 0 aliphatic heterocycles. The van der Waals surface area contributed by atoms with Crippen LogP contribution < -0.4 is 5.32 Å². The summed E-state index contributed by atoms with van der Waals surface area (Å²) in [5.41, 5.74) is -0.403. The quantitative estimate of drug-likeness (QED) is 0.584. The third kappa shape index (κ3) is 3.31. The van der Waals surface area contributed by atoms with Gasteiger partial charge in [0.05, 0.1) is 20.6 Å². The second kappa shape index (κ2) is 6.14. The first kappa shape index (κ1) is 15.6. The fraction of sp³-hybridized carbons (Fsp3) is 0.111. The van der Waals surface area contributed by atoms with Gasteiger partial charge in [0.25, 0.3) is 5.91 Å². The SMILES string of the molecule is CC(=O)NC(=O)c1c(Cl)c(Cl)cc(Cl)c1I(=O)=O. The number of halogens is 4. The Balaban J connectivity index is 3.58. The van der Waals surface area contributed by atoms with Crippen LogP contribution in [0.5, 0.6) is 0 Å². The molecular weight excluding hydrogens is 419 g/mol. The maximum Gasteiger partial charge on any atom is 0.343 e. The zero-order valence-corrected chi connectivity index (χ0v) is 13.1. The monoisotopic (exact) mass is 423 g/mol. The Morgan fingerprint density at radius 3 is 2.17 bits per heavy atom. The summed E-state index contributed by atoms with van der Waals surface area (Å²) < 4.78 is 22.0. The fourth-order valence-electron chi connectivity index (χ4n) is 1.15. The Labute approximate surface area is 124 Å². The molecule has 0 unspecified atom stereocenters. The standard InChI is InChI=1S/C9H5Cl3INO4/c1-3(15)14-9(16)6-7(12)4(10)2-5(11)8(6)13(17)18/h2H,1H3,(H,14,15,16). The first-order valence-electron chi connectivity index (χ1n) is 4.30. The van der Waals surface area contributed by atoms with Gasteiger partial charge in [-0.1, -0.05) is 34.8 Å². The van der Waals surface area contributed by atoms with E-state index in [1.165, 1.54) is 0 Å². The van der Waals surface area contributed by atoms with Gasteiger partial charge in [-0.05, 0) is 6.07 Å². The topological polar surface area (TPSA) is 80.3 Å². The van der Waals surface area contributed by atoms with Gasteiger partial charge in [-0.25, -0.2) is 6.14 Å². The van der Waals surface area contributed by atoms with Gasteiger partial charge in [0.15, 0.2) is 0 Å². The lowest BCUT2D eigenvalue weighted by molar-refractivity contribution is -0.118. The van der Waals surface area contributed by atoms with Crippen molar-refractivity contribution in [2.24, 2.45) is 0 Å². The number of amides is 2. The largest absolute Gasteiger partial charge is 0.343 e. The van der Waals surface area contributed by atoms with Crippen LogP contribution in [0.1, 0.15) is 17.3 Å². The molecule has 0 saturated heterocycles. The van der Waals surface area contributed by atoms with Crippen LogP contribution in [-0.2, 0) is 10.9 Å². The molecule has 0 fully saturated rings. The van der Waals surface area contributed by atoms with E-state index in [4.69, 9.17) is 34.8 Å². The average molecular weight is 424 g/mol. The van der Waals surface area contributed by atoms with Gasteiger partial charge in [0.2, 0.25) is 5.91 Å². The number of imide groups is 1. The molecule has 0 radical (unpaired) electrons. The molecule has 1 aromatic carbocycles.